The lowest BCUT2D eigenvalue weighted by Gasteiger charge is -1.92. The van der Waals surface area contributed by atoms with Crippen LogP contribution in [0.25, 0.3) is 0 Å². The first-order valence-electron chi connectivity index (χ1n) is 2.53. The minimum atomic E-state index is 0. The third kappa shape index (κ3) is 4.58. The van der Waals surface area contributed by atoms with E-state index in [9.17, 15) is 4.79 Å². The highest BCUT2D eigenvalue weighted by atomic mass is 35.5. The van der Waals surface area contributed by atoms with Gasteiger partial charge in [0.05, 0.1) is 11.9 Å². The number of carbonyl (C=O) groups excluding carboxylic acids is 1. The van der Waals surface area contributed by atoms with Crippen molar-refractivity contribution in [2.75, 3.05) is 5.32 Å². The van der Waals surface area contributed by atoms with Gasteiger partial charge in [-0.2, -0.15) is 0 Å². The number of nitrogens with one attached hydrogen (secondary N) is 1. The van der Waals surface area contributed by atoms with Gasteiger partial charge in [-0.25, -0.2) is 0 Å². The molecule has 0 fully saturated rings. The smallest absolute Gasteiger partial charge is 0.211 e. The molecule has 3 nitrogen and oxygen atoms in total. The molecule has 1 N–H and O–H groups in total. The minimum Gasteiger partial charge on any atom is -0.327 e. The van der Waals surface area contributed by atoms with E-state index in [2.05, 4.69) is 10.3 Å². The lowest BCUT2D eigenvalue weighted by Crippen LogP contribution is -1.92. The first-order valence-corrected chi connectivity index (χ1v) is 2.53. The number of aromatic nitrogens is 1. The van der Waals surface area contributed by atoms with Gasteiger partial charge in [0.25, 0.3) is 0 Å². The van der Waals surface area contributed by atoms with Gasteiger partial charge in [0.1, 0.15) is 0 Å². The van der Waals surface area contributed by atoms with Crippen molar-refractivity contribution >= 4 is 36.9 Å². The highest BCUT2D eigenvalue weighted by molar-refractivity contribution is 5.85. The van der Waals surface area contributed by atoms with E-state index in [0.717, 1.165) is 0 Å². The summed E-state index contributed by atoms with van der Waals surface area (Å²) in [5, 5.41) is 2.46. The van der Waals surface area contributed by atoms with E-state index >= 15 is 0 Å². The van der Waals surface area contributed by atoms with Crippen LogP contribution in [-0.4, -0.2) is 11.4 Å². The molecule has 62 valence electrons. The van der Waals surface area contributed by atoms with Gasteiger partial charge < -0.3 is 5.32 Å². The summed E-state index contributed by atoms with van der Waals surface area (Å²) in [6.45, 7) is 0. The highest BCUT2D eigenvalue weighted by Crippen LogP contribution is 1.98. The standard InChI is InChI=1S/C6H6N2O.2ClH/c9-5-8-6-2-1-3-7-4-6;;/h1-5H,(H,8,9);2*1H. The Labute approximate surface area is 77.0 Å². The monoisotopic (exact) mass is 194 g/mol. The summed E-state index contributed by atoms with van der Waals surface area (Å²) in [6.07, 6.45) is 3.85. The molecule has 0 atom stereocenters. The fourth-order valence-electron chi connectivity index (χ4n) is 0.516. The number of anilines is 1. The van der Waals surface area contributed by atoms with Crippen LogP contribution in [0.3, 0.4) is 0 Å². The largest absolute Gasteiger partial charge is 0.327 e. The molecular weight excluding hydrogens is 187 g/mol. The maximum absolute atomic E-state index is 9.84. The predicted octanol–water partition coefficient (Wildman–Crippen LogP) is 1.49. The van der Waals surface area contributed by atoms with Gasteiger partial charge in [-0.3, -0.25) is 9.78 Å². The molecule has 0 radical (unpaired) electrons. The number of rotatable bonds is 2. The summed E-state index contributed by atoms with van der Waals surface area (Å²) in [5.74, 6) is 0. The van der Waals surface area contributed by atoms with Crippen LogP contribution in [0, 0.1) is 0 Å². The Bertz CT molecular complexity index is 193. The van der Waals surface area contributed by atoms with Crippen molar-refractivity contribution in [3.63, 3.8) is 0 Å². The Morgan fingerprint density at radius 1 is 1.45 bits per heavy atom. The molecule has 0 saturated carbocycles. The molecule has 5 heteroatoms. The van der Waals surface area contributed by atoms with Gasteiger partial charge in [0, 0.05) is 6.20 Å². The summed E-state index contributed by atoms with van der Waals surface area (Å²) in [7, 11) is 0. The van der Waals surface area contributed by atoms with E-state index in [0.29, 0.717) is 12.1 Å². The zero-order chi connectivity index (χ0) is 6.53. The van der Waals surface area contributed by atoms with Gasteiger partial charge in [-0.15, -0.1) is 24.8 Å². The summed E-state index contributed by atoms with van der Waals surface area (Å²) < 4.78 is 0. The van der Waals surface area contributed by atoms with Gasteiger partial charge in [0.15, 0.2) is 0 Å². The number of hydrogen-bond acceptors (Lipinski definition) is 2. The number of nitrogens with zero attached hydrogens (tertiary/aromatic N) is 1. The maximum atomic E-state index is 9.84. The zero-order valence-corrected chi connectivity index (χ0v) is 7.19. The molecule has 1 aromatic rings. The average molecular weight is 195 g/mol. The van der Waals surface area contributed by atoms with Crippen molar-refractivity contribution in [2.45, 2.75) is 0 Å². The molecule has 0 aliphatic heterocycles. The summed E-state index contributed by atoms with van der Waals surface area (Å²) >= 11 is 0. The summed E-state index contributed by atoms with van der Waals surface area (Å²) in [4.78, 5) is 13.6. The Morgan fingerprint density at radius 3 is 2.64 bits per heavy atom. The maximum Gasteiger partial charge on any atom is 0.211 e. The topological polar surface area (TPSA) is 42.0 Å². The van der Waals surface area contributed by atoms with Crippen LogP contribution in [0.4, 0.5) is 5.69 Å². The van der Waals surface area contributed by atoms with Crippen LogP contribution in [0.1, 0.15) is 0 Å². The van der Waals surface area contributed by atoms with E-state index < -0.39 is 0 Å². The molecule has 0 spiro atoms. The molecule has 1 amide bonds. The molecule has 0 unspecified atom stereocenters. The van der Waals surface area contributed by atoms with Crippen LogP contribution in [-0.2, 0) is 4.79 Å². The molecule has 0 bridgehead atoms. The van der Waals surface area contributed by atoms with E-state index in [1.165, 1.54) is 0 Å². The van der Waals surface area contributed by atoms with Crippen molar-refractivity contribution in [1.29, 1.82) is 0 Å². The summed E-state index contributed by atoms with van der Waals surface area (Å²) in [6, 6.07) is 3.52. The van der Waals surface area contributed by atoms with Crippen LogP contribution in [0.2, 0.25) is 0 Å². The van der Waals surface area contributed by atoms with Crippen molar-refractivity contribution < 1.29 is 4.79 Å². The number of halogens is 2. The highest BCUT2D eigenvalue weighted by Gasteiger charge is 1.82. The zero-order valence-electron chi connectivity index (χ0n) is 5.56. The van der Waals surface area contributed by atoms with Gasteiger partial charge in [-0.1, -0.05) is 0 Å². The Hall–Kier alpha value is -0.800. The molecule has 1 rings (SSSR count). The Balaban J connectivity index is 0. The Morgan fingerprint density at radius 2 is 2.18 bits per heavy atom. The SMILES string of the molecule is Cl.Cl.O=CNc1cccnc1. The van der Waals surface area contributed by atoms with Crippen molar-refractivity contribution in [3.8, 4) is 0 Å². The summed E-state index contributed by atoms with van der Waals surface area (Å²) in [5.41, 5.74) is 0.715. The number of carbonyl (C=O) groups is 1. The molecule has 0 aromatic carbocycles. The molecular formula is C6H8Cl2N2O. The quantitative estimate of drug-likeness (QED) is 0.726. The average Bonchev–Trinajstić information content (AvgIpc) is 1.91. The minimum absolute atomic E-state index is 0. The van der Waals surface area contributed by atoms with Crippen molar-refractivity contribution in [2.24, 2.45) is 0 Å². The first kappa shape index (κ1) is 12.8. The van der Waals surface area contributed by atoms with E-state index in [1.807, 2.05) is 0 Å². The van der Waals surface area contributed by atoms with E-state index in [1.54, 1.807) is 24.5 Å². The Kier molecular flexibility index (Phi) is 8.53. The van der Waals surface area contributed by atoms with E-state index in [-0.39, 0.29) is 24.8 Å². The molecule has 11 heavy (non-hydrogen) atoms. The number of pyridine rings is 1. The molecule has 1 heterocycles. The van der Waals surface area contributed by atoms with Crippen LogP contribution >= 0.6 is 24.8 Å². The molecule has 0 aliphatic rings. The first-order chi connectivity index (χ1) is 4.43. The fourth-order valence-corrected chi connectivity index (χ4v) is 0.516. The molecule has 0 aliphatic carbocycles. The second-order valence-electron chi connectivity index (χ2n) is 1.50. The van der Waals surface area contributed by atoms with Gasteiger partial charge >= 0.3 is 0 Å². The van der Waals surface area contributed by atoms with E-state index in [4.69, 9.17) is 0 Å². The van der Waals surface area contributed by atoms with Crippen molar-refractivity contribution in [1.82, 2.24) is 4.98 Å². The second-order valence-corrected chi connectivity index (χ2v) is 1.50. The second kappa shape index (κ2) is 7.31. The lowest BCUT2D eigenvalue weighted by molar-refractivity contribution is -0.105. The van der Waals surface area contributed by atoms with Crippen molar-refractivity contribution in [3.05, 3.63) is 24.5 Å². The van der Waals surface area contributed by atoms with Gasteiger partial charge in [0.2, 0.25) is 6.41 Å². The molecule has 0 saturated heterocycles. The molecule has 1 aromatic heterocycles. The number of hydrogen-bond donors (Lipinski definition) is 1. The lowest BCUT2D eigenvalue weighted by atomic mass is 10.4. The van der Waals surface area contributed by atoms with Crippen LogP contribution < -0.4 is 5.32 Å². The van der Waals surface area contributed by atoms with Crippen LogP contribution in [0.15, 0.2) is 24.5 Å². The van der Waals surface area contributed by atoms with Crippen LogP contribution in [0.5, 0.6) is 0 Å². The number of amides is 1. The fraction of sp³-hybridized carbons (Fsp3) is 0. The predicted molar refractivity (Wildman–Crippen MR) is 48.4 cm³/mol. The third-order valence-electron chi connectivity index (χ3n) is 0.887. The normalized spacial score (nSPS) is 6.91. The third-order valence-corrected chi connectivity index (χ3v) is 0.887. The van der Waals surface area contributed by atoms with Gasteiger partial charge in [-0.05, 0) is 12.1 Å².